The minimum absolute atomic E-state index is 0.175. The van der Waals surface area contributed by atoms with E-state index >= 15 is 0 Å². The highest BCUT2D eigenvalue weighted by Crippen LogP contribution is 2.23. The maximum Gasteiger partial charge on any atom is 0.200 e. The van der Waals surface area contributed by atoms with Gasteiger partial charge < -0.3 is 4.74 Å². The number of benzene rings is 2. The van der Waals surface area contributed by atoms with Gasteiger partial charge in [0.2, 0.25) is 0 Å². The van der Waals surface area contributed by atoms with Crippen LogP contribution < -0.4 is 4.74 Å². The number of nitriles is 1. The molecule has 0 saturated heterocycles. The number of rotatable bonds is 5. The summed E-state index contributed by atoms with van der Waals surface area (Å²) in [5.74, 6) is -0.213. The van der Waals surface area contributed by atoms with Crippen LogP contribution in [0.3, 0.4) is 0 Å². The van der Waals surface area contributed by atoms with E-state index in [0.29, 0.717) is 22.6 Å². The average molecular weight is 322 g/mol. The van der Waals surface area contributed by atoms with Crippen LogP contribution in [-0.4, -0.2) is 27.8 Å². The third-order valence-electron chi connectivity index (χ3n) is 3.30. The van der Waals surface area contributed by atoms with E-state index in [4.69, 9.17) is 10.00 Å². The lowest BCUT2D eigenvalue weighted by molar-refractivity contribution is 0.0921. The number of hydrogen-bond donors (Lipinski definition) is 1. The number of aromatic amines is 1. The summed E-state index contributed by atoms with van der Waals surface area (Å²) in [6.45, 7) is -0.182. The molecule has 118 valence electrons. The first-order chi connectivity index (χ1) is 11.7. The maximum atomic E-state index is 12.9. The zero-order chi connectivity index (χ0) is 16.9. The van der Waals surface area contributed by atoms with E-state index in [0.717, 1.165) is 0 Å². The monoisotopic (exact) mass is 322 g/mol. The summed E-state index contributed by atoms with van der Waals surface area (Å²) in [6, 6.07) is 14.0. The fraction of sp³-hybridized carbons (Fsp3) is 0.0588. The fourth-order valence-corrected chi connectivity index (χ4v) is 2.11. The first-order valence-electron chi connectivity index (χ1n) is 7.00. The first kappa shape index (κ1) is 15.4. The van der Waals surface area contributed by atoms with Crippen molar-refractivity contribution in [1.82, 2.24) is 15.4 Å². The van der Waals surface area contributed by atoms with Gasteiger partial charge in [-0.05, 0) is 36.4 Å². The molecule has 24 heavy (non-hydrogen) atoms. The van der Waals surface area contributed by atoms with Gasteiger partial charge >= 0.3 is 0 Å². The van der Waals surface area contributed by atoms with Crippen LogP contribution in [0.4, 0.5) is 4.39 Å². The van der Waals surface area contributed by atoms with Gasteiger partial charge in [0.15, 0.2) is 18.1 Å². The Kier molecular flexibility index (Phi) is 4.29. The number of aromatic nitrogens is 3. The number of nitrogens with one attached hydrogen (secondary N) is 1. The van der Waals surface area contributed by atoms with Crippen molar-refractivity contribution in [2.45, 2.75) is 0 Å². The number of carbonyl (C=O) groups is 1. The summed E-state index contributed by atoms with van der Waals surface area (Å²) in [4.78, 5) is 12.0. The van der Waals surface area contributed by atoms with E-state index < -0.39 is 5.82 Å². The fourth-order valence-electron chi connectivity index (χ4n) is 2.11. The highest BCUT2D eigenvalue weighted by Gasteiger charge is 2.11. The number of ether oxygens (including phenoxy) is 1. The number of ketones is 1. The molecule has 7 heteroatoms. The maximum absolute atomic E-state index is 12.9. The summed E-state index contributed by atoms with van der Waals surface area (Å²) >= 11 is 0. The molecule has 6 nitrogen and oxygen atoms in total. The average Bonchev–Trinajstić information content (AvgIpc) is 3.09. The Morgan fingerprint density at radius 3 is 2.75 bits per heavy atom. The number of H-pyrrole nitrogens is 1. The lowest BCUT2D eigenvalue weighted by atomic mass is 10.1. The Hall–Kier alpha value is -3.53. The van der Waals surface area contributed by atoms with Crippen molar-refractivity contribution in [3.05, 3.63) is 65.6 Å². The molecule has 3 rings (SSSR count). The van der Waals surface area contributed by atoms with Crippen LogP contribution in [0.5, 0.6) is 5.75 Å². The molecule has 2 aromatic carbocycles. The Labute approximate surface area is 136 Å². The van der Waals surface area contributed by atoms with Crippen molar-refractivity contribution >= 4 is 5.78 Å². The second-order valence-electron chi connectivity index (χ2n) is 4.88. The van der Waals surface area contributed by atoms with Crippen LogP contribution in [0.15, 0.2) is 48.5 Å². The third kappa shape index (κ3) is 3.28. The van der Waals surface area contributed by atoms with E-state index in [2.05, 4.69) is 15.4 Å². The number of hydrogen-bond acceptors (Lipinski definition) is 5. The van der Waals surface area contributed by atoms with Crippen molar-refractivity contribution in [3.8, 4) is 23.1 Å². The minimum atomic E-state index is -0.402. The van der Waals surface area contributed by atoms with Gasteiger partial charge in [-0.3, -0.25) is 4.79 Å². The molecule has 1 aromatic heterocycles. The van der Waals surface area contributed by atoms with Crippen molar-refractivity contribution in [2.24, 2.45) is 0 Å². The second-order valence-corrected chi connectivity index (χ2v) is 4.88. The van der Waals surface area contributed by atoms with Crippen LogP contribution in [0.25, 0.3) is 11.3 Å². The normalized spacial score (nSPS) is 10.2. The summed E-state index contributed by atoms with van der Waals surface area (Å²) in [5, 5.41) is 19.1. The molecule has 0 bridgehead atoms. The molecule has 0 fully saturated rings. The van der Waals surface area contributed by atoms with Crippen LogP contribution in [0.1, 0.15) is 16.1 Å². The molecule has 0 aliphatic heterocycles. The molecule has 0 saturated carbocycles. The Bertz CT molecular complexity index is 913. The van der Waals surface area contributed by atoms with Crippen LogP contribution in [0.2, 0.25) is 0 Å². The predicted octanol–water partition coefficient (Wildman–Crippen LogP) is 2.74. The topological polar surface area (TPSA) is 91.7 Å². The quantitative estimate of drug-likeness (QED) is 0.729. The molecular weight excluding hydrogens is 311 g/mol. The van der Waals surface area contributed by atoms with E-state index in [1.807, 2.05) is 6.07 Å². The predicted molar refractivity (Wildman–Crippen MR) is 82.8 cm³/mol. The van der Waals surface area contributed by atoms with Gasteiger partial charge in [0, 0.05) is 11.1 Å². The molecule has 0 aliphatic rings. The smallest absolute Gasteiger partial charge is 0.200 e. The molecule has 0 aliphatic carbocycles. The number of Topliss-reactive ketones (excluding diaryl/α,β-unsaturated/α-hetero) is 1. The van der Waals surface area contributed by atoms with E-state index in [-0.39, 0.29) is 18.1 Å². The molecular formula is C17H11FN4O2. The summed E-state index contributed by atoms with van der Waals surface area (Å²) in [5.41, 5.74) is 1.60. The lowest BCUT2D eigenvalue weighted by Gasteiger charge is -2.07. The Morgan fingerprint density at radius 2 is 2.00 bits per heavy atom. The molecule has 0 unspecified atom stereocenters. The molecule has 0 amide bonds. The van der Waals surface area contributed by atoms with Gasteiger partial charge in [0.05, 0.1) is 0 Å². The zero-order valence-corrected chi connectivity index (χ0v) is 12.4. The highest BCUT2D eigenvalue weighted by molar-refractivity contribution is 5.97. The molecule has 1 heterocycles. The largest absolute Gasteiger partial charge is 0.485 e. The van der Waals surface area contributed by atoms with Gasteiger partial charge in [-0.25, -0.2) is 4.39 Å². The number of halogens is 1. The van der Waals surface area contributed by atoms with Crippen LogP contribution in [-0.2, 0) is 0 Å². The van der Waals surface area contributed by atoms with Crippen molar-refractivity contribution < 1.29 is 13.9 Å². The van der Waals surface area contributed by atoms with E-state index in [1.54, 1.807) is 24.3 Å². The standard InChI is InChI=1S/C17H11FN4O2/c18-13-6-4-11(5-7-13)16(23)10-24-14-3-1-2-12(8-14)17-15(9-19)20-22-21-17/h1-8H,10H2,(H,20,21,22). The lowest BCUT2D eigenvalue weighted by Crippen LogP contribution is -2.11. The van der Waals surface area contributed by atoms with E-state index in [1.165, 1.54) is 24.3 Å². The summed E-state index contributed by atoms with van der Waals surface area (Å²) in [6.07, 6.45) is 0. The third-order valence-corrected chi connectivity index (χ3v) is 3.30. The molecule has 1 N–H and O–H groups in total. The molecule has 0 spiro atoms. The van der Waals surface area contributed by atoms with Crippen molar-refractivity contribution in [2.75, 3.05) is 6.61 Å². The van der Waals surface area contributed by atoms with Crippen molar-refractivity contribution in [3.63, 3.8) is 0 Å². The SMILES string of the molecule is N#Cc1n[nH]nc1-c1cccc(OCC(=O)c2ccc(F)cc2)c1. The summed E-state index contributed by atoms with van der Waals surface area (Å²) in [7, 11) is 0. The van der Waals surface area contributed by atoms with Gasteiger partial charge in [0.1, 0.15) is 23.3 Å². The van der Waals surface area contributed by atoms with Crippen LogP contribution in [0, 0.1) is 17.1 Å². The highest BCUT2D eigenvalue weighted by atomic mass is 19.1. The molecule has 0 atom stereocenters. The molecule has 3 aromatic rings. The number of nitrogens with zero attached hydrogens (tertiary/aromatic N) is 3. The molecule has 0 radical (unpaired) electrons. The van der Waals surface area contributed by atoms with Crippen molar-refractivity contribution in [1.29, 1.82) is 5.26 Å². The summed E-state index contributed by atoms with van der Waals surface area (Å²) < 4.78 is 18.3. The second kappa shape index (κ2) is 6.71. The van der Waals surface area contributed by atoms with E-state index in [9.17, 15) is 9.18 Å². The van der Waals surface area contributed by atoms with Gasteiger partial charge in [-0.1, -0.05) is 12.1 Å². The van der Waals surface area contributed by atoms with Gasteiger partial charge in [-0.15, -0.1) is 5.10 Å². The Balaban J connectivity index is 1.72. The Morgan fingerprint density at radius 1 is 1.21 bits per heavy atom. The zero-order valence-electron chi connectivity index (χ0n) is 12.4. The minimum Gasteiger partial charge on any atom is -0.485 e. The van der Waals surface area contributed by atoms with Gasteiger partial charge in [-0.2, -0.15) is 15.6 Å². The van der Waals surface area contributed by atoms with Gasteiger partial charge in [0.25, 0.3) is 0 Å². The number of carbonyl (C=O) groups excluding carboxylic acids is 1. The first-order valence-corrected chi connectivity index (χ1v) is 7.00. The van der Waals surface area contributed by atoms with Crippen LogP contribution >= 0.6 is 0 Å².